The average Bonchev–Trinajstić information content (AvgIpc) is 2.76. The van der Waals surface area contributed by atoms with Crippen molar-refractivity contribution in [1.82, 2.24) is 0 Å². The van der Waals surface area contributed by atoms with E-state index >= 15 is 0 Å². The van der Waals surface area contributed by atoms with E-state index in [1.807, 2.05) is 12.1 Å². The average molecular weight is 443 g/mol. The Bertz CT molecular complexity index is 1230. The summed E-state index contributed by atoms with van der Waals surface area (Å²) in [5.74, 6) is 0.688. The summed E-state index contributed by atoms with van der Waals surface area (Å²) in [4.78, 5) is 2.15. The number of rotatable bonds is 5. The Morgan fingerprint density at radius 2 is 1.47 bits per heavy atom. The Labute approximate surface area is 194 Å². The van der Waals surface area contributed by atoms with E-state index in [1.165, 1.54) is 16.3 Å². The largest absolute Gasteiger partial charge is 0.508 e. The Morgan fingerprint density at radius 3 is 2.16 bits per heavy atom. The molecule has 1 atom stereocenters. The van der Waals surface area contributed by atoms with E-state index in [0.29, 0.717) is 5.75 Å². The van der Waals surface area contributed by atoms with Gasteiger partial charge in [-0.05, 0) is 70.1 Å². The van der Waals surface area contributed by atoms with Crippen LogP contribution in [0.25, 0.3) is 10.8 Å². The van der Waals surface area contributed by atoms with Crippen LogP contribution < -0.4 is 0 Å². The lowest BCUT2D eigenvalue weighted by Gasteiger charge is -2.34. The molecule has 0 aliphatic rings. The molecule has 0 aromatic heterocycles. The molecule has 0 saturated heterocycles. The molecule has 32 heavy (non-hydrogen) atoms. The van der Waals surface area contributed by atoms with Gasteiger partial charge in [0.2, 0.25) is 0 Å². The summed E-state index contributed by atoms with van der Waals surface area (Å²) < 4.78 is 0. The van der Waals surface area contributed by atoms with Gasteiger partial charge < -0.3 is 10.2 Å². The molecule has 0 spiro atoms. The highest BCUT2D eigenvalue weighted by Crippen LogP contribution is 2.48. The van der Waals surface area contributed by atoms with Gasteiger partial charge in [0.15, 0.2) is 0 Å². The molecule has 4 aromatic carbocycles. The Kier molecular flexibility index (Phi) is 6.21. The maximum absolute atomic E-state index is 11.3. The predicted octanol–water partition coefficient (Wildman–Crippen LogP) is 8.14. The maximum atomic E-state index is 11.3. The van der Waals surface area contributed by atoms with Crippen molar-refractivity contribution in [2.45, 2.75) is 49.8 Å². The van der Waals surface area contributed by atoms with E-state index < -0.39 is 0 Å². The van der Waals surface area contributed by atoms with E-state index in [9.17, 15) is 10.2 Å². The van der Waals surface area contributed by atoms with Crippen molar-refractivity contribution >= 4 is 22.5 Å². The molecular formula is C29H30O2S. The lowest BCUT2D eigenvalue weighted by Crippen LogP contribution is -2.20. The van der Waals surface area contributed by atoms with Crippen LogP contribution in [0.15, 0.2) is 88.7 Å². The number of phenols is 2. The van der Waals surface area contributed by atoms with Gasteiger partial charge >= 0.3 is 0 Å². The summed E-state index contributed by atoms with van der Waals surface area (Å²) in [6.45, 7) is 8.80. The lowest BCUT2D eigenvalue weighted by molar-refractivity contribution is 0.347. The molecule has 0 saturated carbocycles. The predicted molar refractivity (Wildman–Crippen MR) is 135 cm³/mol. The van der Waals surface area contributed by atoms with Crippen molar-refractivity contribution in [3.05, 3.63) is 95.6 Å². The van der Waals surface area contributed by atoms with Crippen molar-refractivity contribution in [3.63, 3.8) is 0 Å². The van der Waals surface area contributed by atoms with Crippen LogP contribution in [0.4, 0.5) is 0 Å². The number of aryl methyl sites for hydroxylation is 1. The second-order valence-electron chi connectivity index (χ2n) is 9.34. The van der Waals surface area contributed by atoms with Crippen LogP contribution in [-0.2, 0) is 6.42 Å². The Balaban J connectivity index is 1.90. The van der Waals surface area contributed by atoms with E-state index in [4.69, 9.17) is 0 Å². The number of fused-ring (bicyclic) bond motifs is 1. The second-order valence-corrected chi connectivity index (χ2v) is 10.5. The highest BCUT2D eigenvalue weighted by molar-refractivity contribution is 7.99. The van der Waals surface area contributed by atoms with Gasteiger partial charge in [-0.25, -0.2) is 0 Å². The topological polar surface area (TPSA) is 40.5 Å². The van der Waals surface area contributed by atoms with Crippen LogP contribution in [-0.4, -0.2) is 10.2 Å². The van der Waals surface area contributed by atoms with E-state index in [1.54, 1.807) is 23.9 Å². The molecule has 0 amide bonds. The van der Waals surface area contributed by atoms with Crippen molar-refractivity contribution in [2.24, 2.45) is 5.41 Å². The van der Waals surface area contributed by atoms with Crippen LogP contribution in [0.2, 0.25) is 0 Å². The van der Waals surface area contributed by atoms with Crippen LogP contribution in [0, 0.1) is 5.41 Å². The van der Waals surface area contributed by atoms with Crippen molar-refractivity contribution < 1.29 is 10.2 Å². The molecule has 1 unspecified atom stereocenters. The summed E-state index contributed by atoms with van der Waals surface area (Å²) >= 11 is 1.65. The normalized spacial score (nSPS) is 12.8. The number of phenolic OH excluding ortho intramolecular Hbond substituents is 2. The second kappa shape index (κ2) is 8.91. The number of hydrogen-bond donors (Lipinski definition) is 2. The summed E-state index contributed by atoms with van der Waals surface area (Å²) in [5, 5.41) is 23.4. The zero-order chi connectivity index (χ0) is 22.9. The van der Waals surface area contributed by atoms with Gasteiger partial charge in [-0.3, -0.25) is 0 Å². The summed E-state index contributed by atoms with van der Waals surface area (Å²) in [5.41, 5.74) is 3.06. The minimum absolute atomic E-state index is 0.0271. The zero-order valence-electron chi connectivity index (χ0n) is 19.1. The summed E-state index contributed by atoms with van der Waals surface area (Å²) in [6.07, 6.45) is 0.759. The number of aromatic hydroxyl groups is 2. The molecule has 2 nitrogen and oxygen atoms in total. The van der Waals surface area contributed by atoms with Crippen molar-refractivity contribution in [1.29, 1.82) is 0 Å². The molecule has 0 aliphatic heterocycles. The lowest BCUT2D eigenvalue weighted by atomic mass is 9.71. The van der Waals surface area contributed by atoms with E-state index in [2.05, 4.69) is 82.3 Å². The SMILES string of the molecule is CCc1cc(Sc2ccc(O)cc2)cc(C(c2cccc3ccccc23)C(C)(C)C)c1O. The highest BCUT2D eigenvalue weighted by atomic mass is 32.2. The minimum atomic E-state index is -0.103. The fourth-order valence-corrected chi connectivity index (χ4v) is 5.42. The van der Waals surface area contributed by atoms with Crippen molar-refractivity contribution in [2.75, 3.05) is 0 Å². The Hall–Kier alpha value is -2.91. The monoisotopic (exact) mass is 442 g/mol. The fraction of sp³-hybridized carbons (Fsp3) is 0.241. The molecule has 2 N–H and O–H groups in total. The van der Waals surface area contributed by atoms with Gasteiger partial charge in [0, 0.05) is 21.3 Å². The zero-order valence-corrected chi connectivity index (χ0v) is 19.9. The molecule has 4 rings (SSSR count). The van der Waals surface area contributed by atoms with Gasteiger partial charge in [0.25, 0.3) is 0 Å². The van der Waals surface area contributed by atoms with Crippen molar-refractivity contribution in [3.8, 4) is 11.5 Å². The molecule has 0 radical (unpaired) electrons. The third-order valence-electron chi connectivity index (χ3n) is 5.96. The molecule has 3 heteroatoms. The standard InChI is InChI=1S/C29H30O2S/c1-5-19-17-23(32-22-15-13-21(30)14-16-22)18-26(28(19)31)27(29(2,3)4)25-12-8-10-20-9-6-7-11-24(20)25/h6-18,27,30-31H,5H2,1-4H3. The first-order chi connectivity index (χ1) is 15.3. The first-order valence-electron chi connectivity index (χ1n) is 11.1. The molecule has 0 heterocycles. The maximum Gasteiger partial charge on any atom is 0.122 e. The van der Waals surface area contributed by atoms with Crippen LogP contribution in [0.5, 0.6) is 11.5 Å². The third kappa shape index (κ3) is 4.49. The van der Waals surface area contributed by atoms with E-state index in [0.717, 1.165) is 27.3 Å². The van der Waals surface area contributed by atoms with Gasteiger partial charge in [-0.1, -0.05) is 81.9 Å². The summed E-state index contributed by atoms with van der Waals surface area (Å²) in [6, 6.07) is 26.4. The third-order valence-corrected chi connectivity index (χ3v) is 6.94. The molecule has 0 bridgehead atoms. The first kappa shape index (κ1) is 22.3. The fourth-order valence-electron chi connectivity index (χ4n) is 4.49. The van der Waals surface area contributed by atoms with Crippen LogP contribution >= 0.6 is 11.8 Å². The quantitative estimate of drug-likeness (QED) is 0.328. The van der Waals surface area contributed by atoms with E-state index in [-0.39, 0.29) is 17.1 Å². The molecule has 4 aromatic rings. The van der Waals surface area contributed by atoms with Gasteiger partial charge in [-0.15, -0.1) is 0 Å². The molecule has 164 valence electrons. The first-order valence-corrected chi connectivity index (χ1v) is 11.9. The summed E-state index contributed by atoms with van der Waals surface area (Å²) in [7, 11) is 0. The minimum Gasteiger partial charge on any atom is -0.508 e. The number of benzene rings is 4. The molecule has 0 fully saturated rings. The van der Waals surface area contributed by atoms with Crippen LogP contribution in [0.3, 0.4) is 0 Å². The molecular weight excluding hydrogens is 412 g/mol. The van der Waals surface area contributed by atoms with Gasteiger partial charge in [0.05, 0.1) is 0 Å². The smallest absolute Gasteiger partial charge is 0.122 e. The Morgan fingerprint density at radius 1 is 0.781 bits per heavy atom. The van der Waals surface area contributed by atoms with Crippen LogP contribution in [0.1, 0.15) is 50.3 Å². The van der Waals surface area contributed by atoms with Gasteiger partial charge in [-0.2, -0.15) is 0 Å². The number of hydrogen-bond acceptors (Lipinski definition) is 3. The highest BCUT2D eigenvalue weighted by Gasteiger charge is 2.32. The van der Waals surface area contributed by atoms with Gasteiger partial charge in [0.1, 0.15) is 11.5 Å². The molecule has 0 aliphatic carbocycles.